The van der Waals surface area contributed by atoms with Crippen LogP contribution in [-0.4, -0.2) is 79.8 Å². The first-order valence-corrected chi connectivity index (χ1v) is 15.6. The van der Waals surface area contributed by atoms with E-state index in [9.17, 15) is 18.3 Å². The monoisotopic (exact) mass is 601 g/mol. The maximum absolute atomic E-state index is 13.8. The minimum absolute atomic E-state index is 0.0289. The van der Waals surface area contributed by atoms with E-state index in [2.05, 4.69) is 29.2 Å². The molecule has 4 N–H and O–H groups in total. The number of likely N-dealkylation sites (tertiary alicyclic amines) is 1. The average Bonchev–Trinajstić information content (AvgIpc) is 2.95. The van der Waals surface area contributed by atoms with Gasteiger partial charge in [0.2, 0.25) is 5.91 Å². The molecular weight excluding hydrogens is 562 g/mol. The zero-order valence-electron chi connectivity index (χ0n) is 23.6. The van der Waals surface area contributed by atoms with E-state index in [1.54, 1.807) is 4.90 Å². The number of nitrogens with zero attached hydrogens (tertiary/aromatic N) is 2. The van der Waals surface area contributed by atoms with Gasteiger partial charge in [0.15, 0.2) is 0 Å². The molecule has 222 valence electrons. The van der Waals surface area contributed by atoms with Crippen molar-refractivity contribution in [2.24, 2.45) is 5.73 Å². The molecule has 1 heterocycles. The van der Waals surface area contributed by atoms with Gasteiger partial charge in [-0.3, -0.25) is 9.35 Å². The fourth-order valence-electron chi connectivity index (χ4n) is 5.31. The number of likely N-dealkylation sites (N-methyl/N-ethyl adjacent to an activating group) is 1. The minimum atomic E-state index is -3.80. The molecule has 0 aromatic heterocycles. The third kappa shape index (κ3) is 8.61. The molecule has 0 radical (unpaired) electrons. The predicted molar refractivity (Wildman–Crippen MR) is 163 cm³/mol. The van der Waals surface area contributed by atoms with Crippen LogP contribution in [0.3, 0.4) is 0 Å². The number of piperidine rings is 1. The van der Waals surface area contributed by atoms with Crippen LogP contribution in [-0.2, 0) is 25.9 Å². The second kappa shape index (κ2) is 14.4. The molecule has 3 aromatic carbocycles. The van der Waals surface area contributed by atoms with Crippen LogP contribution in [0.1, 0.15) is 36.0 Å². The average molecular weight is 602 g/mol. The lowest BCUT2D eigenvalue weighted by Gasteiger charge is -2.41. The van der Waals surface area contributed by atoms with Gasteiger partial charge in [-0.2, -0.15) is 8.42 Å². The highest BCUT2D eigenvalue weighted by Gasteiger charge is 2.43. The lowest BCUT2D eigenvalue weighted by molar-refractivity contribution is -0.133. The number of rotatable bonds is 9. The highest BCUT2D eigenvalue weighted by atomic mass is 35.5. The van der Waals surface area contributed by atoms with Crippen molar-refractivity contribution in [2.45, 2.75) is 30.3 Å². The van der Waals surface area contributed by atoms with Gasteiger partial charge in [0.1, 0.15) is 5.41 Å². The van der Waals surface area contributed by atoms with Crippen LogP contribution in [0.5, 0.6) is 0 Å². The van der Waals surface area contributed by atoms with Gasteiger partial charge in [-0.15, -0.1) is 0 Å². The summed E-state index contributed by atoms with van der Waals surface area (Å²) in [4.78, 5) is 17.9. The van der Waals surface area contributed by atoms with E-state index in [1.165, 1.54) is 0 Å². The van der Waals surface area contributed by atoms with Crippen molar-refractivity contribution in [3.63, 3.8) is 0 Å². The molecule has 41 heavy (non-hydrogen) atoms. The van der Waals surface area contributed by atoms with Crippen LogP contribution in [0.25, 0.3) is 0 Å². The maximum Gasteiger partial charge on any atom is 0.266 e. The van der Waals surface area contributed by atoms with E-state index in [0.717, 1.165) is 36.3 Å². The summed E-state index contributed by atoms with van der Waals surface area (Å²) in [7, 11) is -0.140. The molecule has 0 spiro atoms. The molecule has 1 aliphatic heterocycles. The molecule has 1 fully saturated rings. The summed E-state index contributed by atoms with van der Waals surface area (Å²) in [6.45, 7) is 2.28. The summed E-state index contributed by atoms with van der Waals surface area (Å²) in [5, 5.41) is 11.9. The van der Waals surface area contributed by atoms with Gasteiger partial charge in [-0.05, 0) is 54.6 Å². The Morgan fingerprint density at radius 3 is 1.83 bits per heavy atom. The first-order valence-electron chi connectivity index (χ1n) is 13.6. The van der Waals surface area contributed by atoms with E-state index in [4.69, 9.17) is 21.9 Å². The van der Waals surface area contributed by atoms with Crippen molar-refractivity contribution in [3.8, 4) is 0 Å². The fourth-order valence-corrected chi connectivity index (χ4v) is 5.73. The number of aliphatic hydroxyl groups is 1. The molecule has 1 saturated heterocycles. The second-order valence-corrected chi connectivity index (χ2v) is 12.6. The Kier molecular flexibility index (Phi) is 11.5. The molecular formula is C31H40ClN3O5S. The van der Waals surface area contributed by atoms with E-state index in [-0.39, 0.29) is 18.2 Å². The van der Waals surface area contributed by atoms with Gasteiger partial charge in [0, 0.05) is 38.8 Å². The Morgan fingerprint density at radius 1 is 0.951 bits per heavy atom. The minimum Gasteiger partial charge on any atom is -0.385 e. The van der Waals surface area contributed by atoms with Gasteiger partial charge in [-0.25, -0.2) is 0 Å². The Hall–Kier alpha value is -2.79. The standard InChI is InChI=1S/C29H33ClN2O2.C2H7NO3S/c1-31(2)27(33)29(24-9-5-3-6-10-24,25-11-7-4-8-12-25)19-22-32-20-17-28(34,18-21-32)23-13-15-26(30)16-14-23;3-1-2-7(4,5)6/h3-16,34H,17-22H2,1-2H3;1-3H2,(H,4,5,6). The molecule has 0 aliphatic carbocycles. The topological polar surface area (TPSA) is 124 Å². The Morgan fingerprint density at radius 2 is 1.44 bits per heavy atom. The molecule has 0 saturated carbocycles. The van der Waals surface area contributed by atoms with Crippen molar-refractivity contribution in [1.29, 1.82) is 0 Å². The van der Waals surface area contributed by atoms with Crippen LogP contribution in [0.2, 0.25) is 5.02 Å². The number of amides is 1. The van der Waals surface area contributed by atoms with Crippen LogP contribution in [0, 0.1) is 0 Å². The normalized spacial score (nSPS) is 15.5. The van der Waals surface area contributed by atoms with Crippen molar-refractivity contribution in [3.05, 3.63) is 107 Å². The number of carbonyl (C=O) groups is 1. The molecule has 0 atom stereocenters. The number of benzene rings is 3. The van der Waals surface area contributed by atoms with Crippen molar-refractivity contribution >= 4 is 27.6 Å². The van der Waals surface area contributed by atoms with E-state index in [0.29, 0.717) is 24.3 Å². The fraction of sp³-hybridized carbons (Fsp3) is 0.387. The quantitative estimate of drug-likeness (QED) is 0.318. The van der Waals surface area contributed by atoms with E-state index >= 15 is 0 Å². The lowest BCUT2D eigenvalue weighted by Crippen LogP contribution is -2.48. The number of halogens is 1. The van der Waals surface area contributed by atoms with E-state index < -0.39 is 21.1 Å². The molecule has 4 rings (SSSR count). The molecule has 1 amide bonds. The van der Waals surface area contributed by atoms with Gasteiger partial charge in [0.05, 0.1) is 11.4 Å². The predicted octanol–water partition coefficient (Wildman–Crippen LogP) is 3.92. The van der Waals surface area contributed by atoms with E-state index in [1.807, 2.05) is 74.8 Å². The number of carbonyl (C=O) groups excluding carboxylic acids is 1. The SMILES string of the molecule is CN(C)C(=O)C(CCN1CCC(O)(c2ccc(Cl)cc2)CC1)(c1ccccc1)c1ccccc1.NCCS(=O)(=O)O. The maximum atomic E-state index is 13.8. The molecule has 10 heteroatoms. The summed E-state index contributed by atoms with van der Waals surface area (Å²) in [6.07, 6.45) is 1.97. The Balaban J connectivity index is 0.000000587. The summed E-state index contributed by atoms with van der Waals surface area (Å²) in [5.41, 5.74) is 6.11. The van der Waals surface area contributed by atoms with Crippen LogP contribution < -0.4 is 5.73 Å². The summed E-state index contributed by atoms with van der Waals surface area (Å²) >= 11 is 6.03. The smallest absolute Gasteiger partial charge is 0.266 e. The van der Waals surface area contributed by atoms with Crippen molar-refractivity contribution < 1.29 is 22.9 Å². The first-order chi connectivity index (χ1) is 19.4. The third-order valence-electron chi connectivity index (χ3n) is 7.55. The largest absolute Gasteiger partial charge is 0.385 e. The summed E-state index contributed by atoms with van der Waals surface area (Å²) in [6, 6.07) is 27.7. The number of hydrogen-bond donors (Lipinski definition) is 3. The van der Waals surface area contributed by atoms with Gasteiger partial charge in [-0.1, -0.05) is 84.4 Å². The van der Waals surface area contributed by atoms with Crippen molar-refractivity contribution in [1.82, 2.24) is 9.80 Å². The Bertz CT molecular complexity index is 1310. The second-order valence-electron chi connectivity index (χ2n) is 10.5. The molecule has 1 aliphatic rings. The highest BCUT2D eigenvalue weighted by molar-refractivity contribution is 7.85. The first kappa shape index (κ1) is 32.7. The van der Waals surface area contributed by atoms with Gasteiger partial charge in [0.25, 0.3) is 10.1 Å². The molecule has 0 bridgehead atoms. The Labute approximate surface area is 248 Å². The van der Waals surface area contributed by atoms with Crippen LogP contribution in [0.15, 0.2) is 84.9 Å². The number of nitrogens with two attached hydrogens (primary N) is 1. The molecule has 8 nitrogen and oxygen atoms in total. The zero-order valence-corrected chi connectivity index (χ0v) is 25.2. The van der Waals surface area contributed by atoms with Crippen LogP contribution >= 0.6 is 11.6 Å². The third-order valence-corrected chi connectivity index (χ3v) is 8.55. The van der Waals surface area contributed by atoms with Crippen molar-refractivity contribution in [2.75, 3.05) is 46.0 Å². The summed E-state index contributed by atoms with van der Waals surface area (Å²) < 4.78 is 27.3. The highest BCUT2D eigenvalue weighted by Crippen LogP contribution is 2.39. The summed E-state index contributed by atoms with van der Waals surface area (Å²) in [5.74, 6) is -0.271. The van der Waals surface area contributed by atoms with Gasteiger partial charge < -0.3 is 20.6 Å². The molecule has 3 aromatic rings. The zero-order chi connectivity index (χ0) is 30.1. The van der Waals surface area contributed by atoms with Gasteiger partial charge >= 0.3 is 0 Å². The number of hydrogen-bond acceptors (Lipinski definition) is 6. The lowest BCUT2D eigenvalue weighted by atomic mass is 9.70. The molecule has 0 unspecified atom stereocenters. The van der Waals surface area contributed by atoms with Crippen LogP contribution in [0.4, 0.5) is 0 Å².